The smallest absolute Gasteiger partial charge is 0.0883 e. The number of rotatable bonds is 4. The molecule has 17 heavy (non-hydrogen) atoms. The predicted molar refractivity (Wildman–Crippen MR) is 74.9 cm³/mol. The average Bonchev–Trinajstić information content (AvgIpc) is 2.60. The topological polar surface area (TPSA) is 17.8 Å². The molecule has 1 rings (SSSR count). The van der Waals surface area contributed by atoms with E-state index in [1.165, 1.54) is 11.3 Å². The minimum absolute atomic E-state index is 0.484. The van der Waals surface area contributed by atoms with Crippen LogP contribution in [0.3, 0.4) is 0 Å². The van der Waals surface area contributed by atoms with Crippen LogP contribution < -0.4 is 0 Å². The number of aromatic nitrogens is 2. The fraction of sp³-hybridized carbons (Fsp3) is 0.533. The fourth-order valence-electron chi connectivity index (χ4n) is 1.73. The molecule has 0 atom stereocenters. The van der Waals surface area contributed by atoms with E-state index in [0.29, 0.717) is 11.8 Å². The first-order valence-electron chi connectivity index (χ1n) is 6.24. The first kappa shape index (κ1) is 13.8. The summed E-state index contributed by atoms with van der Waals surface area (Å²) in [7, 11) is 2.00. The van der Waals surface area contributed by atoms with Crippen LogP contribution in [0.25, 0.3) is 5.57 Å². The van der Waals surface area contributed by atoms with Gasteiger partial charge in [0.1, 0.15) is 0 Å². The summed E-state index contributed by atoms with van der Waals surface area (Å²) < 4.78 is 1.97. The zero-order valence-electron chi connectivity index (χ0n) is 11.9. The number of allylic oxidation sites excluding steroid dienone is 3. The predicted octanol–water partition coefficient (Wildman–Crippen LogP) is 4.16. The van der Waals surface area contributed by atoms with Crippen molar-refractivity contribution in [2.24, 2.45) is 13.0 Å². The van der Waals surface area contributed by atoms with E-state index in [2.05, 4.69) is 58.4 Å². The van der Waals surface area contributed by atoms with Gasteiger partial charge in [-0.05, 0) is 30.4 Å². The molecule has 0 aliphatic carbocycles. The van der Waals surface area contributed by atoms with Gasteiger partial charge < -0.3 is 0 Å². The Hall–Kier alpha value is -1.31. The molecule has 0 spiro atoms. The van der Waals surface area contributed by atoms with Gasteiger partial charge in [-0.1, -0.05) is 45.9 Å². The standard InChI is InChI=1S/C15H24N2/c1-10(2)12(5)8-13(6)14-9-15(11(3)4)17(7)16-14/h8-11H,5H2,1-4,6-7H3/b13-8+. The summed E-state index contributed by atoms with van der Waals surface area (Å²) in [4.78, 5) is 0. The second-order valence-corrected chi connectivity index (χ2v) is 5.29. The van der Waals surface area contributed by atoms with Gasteiger partial charge in [-0.3, -0.25) is 4.68 Å². The molecule has 1 aromatic heterocycles. The molecule has 0 fully saturated rings. The Morgan fingerprint density at radius 3 is 2.35 bits per heavy atom. The zero-order valence-corrected chi connectivity index (χ0v) is 11.9. The van der Waals surface area contributed by atoms with Crippen LogP contribution in [0.4, 0.5) is 0 Å². The molecule has 0 bridgehead atoms. The third kappa shape index (κ3) is 3.32. The van der Waals surface area contributed by atoms with E-state index in [1.54, 1.807) is 0 Å². The van der Waals surface area contributed by atoms with Crippen molar-refractivity contribution in [2.45, 2.75) is 40.5 Å². The Labute approximate surface area is 105 Å². The van der Waals surface area contributed by atoms with Gasteiger partial charge in [0.25, 0.3) is 0 Å². The lowest BCUT2D eigenvalue weighted by atomic mass is 10.0. The SMILES string of the molecule is C=C(/C=C(\C)c1cc(C(C)C)n(C)n1)C(C)C. The number of hydrogen-bond acceptors (Lipinski definition) is 1. The van der Waals surface area contributed by atoms with E-state index >= 15 is 0 Å². The van der Waals surface area contributed by atoms with Crippen molar-refractivity contribution in [2.75, 3.05) is 0 Å². The van der Waals surface area contributed by atoms with Gasteiger partial charge in [0, 0.05) is 12.7 Å². The highest BCUT2D eigenvalue weighted by atomic mass is 15.3. The quantitative estimate of drug-likeness (QED) is 0.713. The van der Waals surface area contributed by atoms with Crippen molar-refractivity contribution >= 4 is 5.57 Å². The van der Waals surface area contributed by atoms with E-state index in [9.17, 15) is 0 Å². The van der Waals surface area contributed by atoms with E-state index in [-0.39, 0.29) is 0 Å². The highest BCUT2D eigenvalue weighted by Crippen LogP contribution is 2.21. The summed E-state index contributed by atoms with van der Waals surface area (Å²) in [6.45, 7) is 14.9. The highest BCUT2D eigenvalue weighted by Gasteiger charge is 2.10. The summed E-state index contributed by atoms with van der Waals surface area (Å²) in [6.07, 6.45) is 2.14. The maximum atomic E-state index is 4.55. The number of aryl methyl sites for hydroxylation is 1. The molecule has 0 aromatic carbocycles. The molecule has 94 valence electrons. The lowest BCUT2D eigenvalue weighted by Crippen LogP contribution is -1.99. The van der Waals surface area contributed by atoms with Gasteiger partial charge in [-0.15, -0.1) is 0 Å². The summed E-state index contributed by atoms with van der Waals surface area (Å²) in [5.74, 6) is 0.987. The van der Waals surface area contributed by atoms with Crippen molar-refractivity contribution in [1.82, 2.24) is 9.78 Å². The number of nitrogens with zero attached hydrogens (tertiary/aromatic N) is 2. The van der Waals surface area contributed by atoms with Gasteiger partial charge in [0.2, 0.25) is 0 Å². The lowest BCUT2D eigenvalue weighted by Gasteiger charge is -2.04. The maximum absolute atomic E-state index is 4.55. The Bertz CT molecular complexity index is 434. The molecule has 0 unspecified atom stereocenters. The van der Waals surface area contributed by atoms with Gasteiger partial charge in [0.05, 0.1) is 5.69 Å². The van der Waals surface area contributed by atoms with Gasteiger partial charge in [-0.25, -0.2) is 0 Å². The van der Waals surface area contributed by atoms with Crippen LogP contribution in [0.1, 0.15) is 51.9 Å². The van der Waals surface area contributed by atoms with E-state index in [4.69, 9.17) is 0 Å². The van der Waals surface area contributed by atoms with Crippen molar-refractivity contribution in [1.29, 1.82) is 0 Å². The monoisotopic (exact) mass is 232 g/mol. The Morgan fingerprint density at radius 2 is 1.94 bits per heavy atom. The molecule has 1 aromatic rings. The molecule has 1 heterocycles. The fourth-order valence-corrected chi connectivity index (χ4v) is 1.73. The second-order valence-electron chi connectivity index (χ2n) is 5.29. The van der Waals surface area contributed by atoms with E-state index in [1.807, 2.05) is 11.7 Å². The molecular weight excluding hydrogens is 208 g/mol. The van der Waals surface area contributed by atoms with Crippen LogP contribution in [0.5, 0.6) is 0 Å². The molecule has 0 saturated heterocycles. The van der Waals surface area contributed by atoms with Gasteiger partial charge in [-0.2, -0.15) is 5.10 Å². The summed E-state index contributed by atoms with van der Waals surface area (Å²) >= 11 is 0. The largest absolute Gasteiger partial charge is 0.272 e. The van der Waals surface area contributed by atoms with E-state index < -0.39 is 0 Å². The Kier molecular flexibility index (Phi) is 4.33. The molecular formula is C15H24N2. The molecule has 0 amide bonds. The van der Waals surface area contributed by atoms with Crippen LogP contribution in [-0.2, 0) is 7.05 Å². The maximum Gasteiger partial charge on any atom is 0.0883 e. The zero-order chi connectivity index (χ0) is 13.2. The number of hydrogen-bond donors (Lipinski definition) is 0. The molecule has 2 heteroatoms. The van der Waals surface area contributed by atoms with Crippen molar-refractivity contribution in [3.05, 3.63) is 35.7 Å². The Morgan fingerprint density at radius 1 is 1.35 bits per heavy atom. The normalized spacial score (nSPS) is 12.6. The molecule has 0 radical (unpaired) electrons. The second kappa shape index (κ2) is 5.35. The van der Waals surface area contributed by atoms with Gasteiger partial charge >= 0.3 is 0 Å². The van der Waals surface area contributed by atoms with Crippen LogP contribution >= 0.6 is 0 Å². The lowest BCUT2D eigenvalue weighted by molar-refractivity contribution is 0.668. The summed E-state index contributed by atoms with van der Waals surface area (Å²) in [6, 6.07) is 2.17. The molecule has 0 aliphatic heterocycles. The minimum Gasteiger partial charge on any atom is -0.272 e. The van der Waals surface area contributed by atoms with Crippen LogP contribution in [-0.4, -0.2) is 9.78 Å². The highest BCUT2D eigenvalue weighted by molar-refractivity contribution is 5.63. The average molecular weight is 232 g/mol. The molecule has 0 saturated carbocycles. The van der Waals surface area contributed by atoms with Crippen LogP contribution in [0.15, 0.2) is 24.3 Å². The summed E-state index contributed by atoms with van der Waals surface area (Å²) in [5.41, 5.74) is 4.66. The first-order chi connectivity index (χ1) is 7.82. The molecule has 2 nitrogen and oxygen atoms in total. The van der Waals surface area contributed by atoms with Gasteiger partial charge in [0.15, 0.2) is 0 Å². The first-order valence-corrected chi connectivity index (χ1v) is 6.24. The minimum atomic E-state index is 0.484. The molecule has 0 N–H and O–H groups in total. The van der Waals surface area contributed by atoms with Crippen LogP contribution in [0.2, 0.25) is 0 Å². The Balaban J connectivity index is 3.01. The summed E-state index contributed by atoms with van der Waals surface area (Å²) in [5, 5.41) is 4.55. The third-order valence-corrected chi connectivity index (χ3v) is 3.06. The van der Waals surface area contributed by atoms with E-state index in [0.717, 1.165) is 11.3 Å². The van der Waals surface area contributed by atoms with Crippen LogP contribution in [0, 0.1) is 5.92 Å². The van der Waals surface area contributed by atoms with Crippen molar-refractivity contribution < 1.29 is 0 Å². The third-order valence-electron chi connectivity index (χ3n) is 3.06. The van der Waals surface area contributed by atoms with Crippen molar-refractivity contribution in [3.63, 3.8) is 0 Å². The van der Waals surface area contributed by atoms with Crippen molar-refractivity contribution in [3.8, 4) is 0 Å². The molecule has 0 aliphatic rings.